The van der Waals surface area contributed by atoms with Crippen LogP contribution in [0.15, 0.2) is 47.4 Å². The second kappa shape index (κ2) is 7.35. The van der Waals surface area contributed by atoms with Crippen LogP contribution in [-0.2, 0) is 21.1 Å². The Morgan fingerprint density at radius 1 is 1.13 bits per heavy atom. The van der Waals surface area contributed by atoms with Crippen LogP contribution in [0.4, 0.5) is 0 Å². The van der Waals surface area contributed by atoms with Gasteiger partial charge in [-0.15, -0.1) is 0 Å². The van der Waals surface area contributed by atoms with Gasteiger partial charge in [-0.3, -0.25) is 9.59 Å². The molecule has 2 fully saturated rings. The highest BCUT2D eigenvalue weighted by Gasteiger charge is 2.56. The van der Waals surface area contributed by atoms with E-state index in [1.807, 2.05) is 18.2 Å². The van der Waals surface area contributed by atoms with Gasteiger partial charge in [0.15, 0.2) is 9.84 Å². The van der Waals surface area contributed by atoms with Gasteiger partial charge in [-0.25, -0.2) is 8.42 Å². The maximum absolute atomic E-state index is 13.3. The van der Waals surface area contributed by atoms with E-state index in [-0.39, 0.29) is 28.8 Å². The predicted octanol–water partition coefficient (Wildman–Crippen LogP) is 3.15. The Labute approximate surface area is 186 Å². The van der Waals surface area contributed by atoms with Gasteiger partial charge in [0.2, 0.25) is 5.91 Å². The highest BCUT2D eigenvalue weighted by atomic mass is 35.5. The number of amides is 2. The van der Waals surface area contributed by atoms with Crippen LogP contribution >= 0.6 is 11.6 Å². The largest absolute Gasteiger partial charge is 0.347 e. The van der Waals surface area contributed by atoms with E-state index < -0.39 is 15.9 Å². The number of nitrogens with one attached hydrogen (secondary N) is 1. The summed E-state index contributed by atoms with van der Waals surface area (Å²) in [4.78, 5) is 28.2. The number of carbonyl (C=O) groups excluding carboxylic acids is 2. The predicted molar refractivity (Wildman–Crippen MR) is 117 cm³/mol. The summed E-state index contributed by atoms with van der Waals surface area (Å²) in [5, 5.41) is 3.83. The highest BCUT2D eigenvalue weighted by molar-refractivity contribution is 7.90. The molecule has 4 atom stereocenters. The van der Waals surface area contributed by atoms with Gasteiger partial charge in [-0.1, -0.05) is 23.7 Å². The molecule has 0 aromatic heterocycles. The van der Waals surface area contributed by atoms with Crippen molar-refractivity contribution in [2.75, 3.05) is 6.26 Å². The molecule has 1 aliphatic heterocycles. The van der Waals surface area contributed by atoms with Gasteiger partial charge in [0.05, 0.1) is 10.9 Å². The molecule has 2 aromatic carbocycles. The van der Waals surface area contributed by atoms with Crippen LogP contribution in [0.5, 0.6) is 0 Å². The monoisotopic (exact) mass is 458 g/mol. The van der Waals surface area contributed by atoms with Crippen molar-refractivity contribution in [2.24, 2.45) is 5.92 Å². The second-order valence-electron chi connectivity index (χ2n) is 8.77. The third-order valence-electron chi connectivity index (χ3n) is 6.65. The van der Waals surface area contributed by atoms with Crippen molar-refractivity contribution < 1.29 is 18.0 Å². The minimum absolute atomic E-state index is 0.0554. The van der Waals surface area contributed by atoms with E-state index in [9.17, 15) is 18.0 Å². The number of fused-ring (bicyclic) bond motifs is 2. The molecule has 2 amide bonds. The first kappa shape index (κ1) is 20.5. The zero-order valence-corrected chi connectivity index (χ0v) is 18.6. The molecule has 0 spiro atoms. The van der Waals surface area contributed by atoms with Gasteiger partial charge in [-0.2, -0.15) is 0 Å². The van der Waals surface area contributed by atoms with Crippen molar-refractivity contribution in [3.05, 3.63) is 64.2 Å². The van der Waals surface area contributed by atoms with Crippen LogP contribution in [0.25, 0.3) is 0 Å². The summed E-state index contributed by atoms with van der Waals surface area (Å²) in [7, 11) is -3.42. The Bertz CT molecular complexity index is 1200. The average Bonchev–Trinajstić information content (AvgIpc) is 3.22. The Balaban J connectivity index is 1.36. The molecule has 5 rings (SSSR count). The topological polar surface area (TPSA) is 83.6 Å². The maximum Gasteiger partial charge on any atom is 0.254 e. The minimum Gasteiger partial charge on any atom is -0.347 e. The van der Waals surface area contributed by atoms with Gasteiger partial charge >= 0.3 is 0 Å². The van der Waals surface area contributed by atoms with Gasteiger partial charge in [0.25, 0.3) is 5.91 Å². The fourth-order valence-corrected chi connectivity index (χ4v) is 5.86. The molecular weight excluding hydrogens is 436 g/mol. The summed E-state index contributed by atoms with van der Waals surface area (Å²) < 4.78 is 23.8. The van der Waals surface area contributed by atoms with Crippen molar-refractivity contribution in [3.8, 4) is 0 Å². The lowest BCUT2D eigenvalue weighted by atomic mass is 10.1. The first-order chi connectivity index (χ1) is 14.7. The van der Waals surface area contributed by atoms with Gasteiger partial charge in [-0.05, 0) is 73.1 Å². The third-order valence-corrected chi connectivity index (χ3v) is 8.00. The zero-order valence-electron chi connectivity index (χ0n) is 17.0. The number of sulfone groups is 1. The van der Waals surface area contributed by atoms with E-state index in [1.54, 1.807) is 17.0 Å². The van der Waals surface area contributed by atoms with E-state index >= 15 is 0 Å². The van der Waals surface area contributed by atoms with Crippen LogP contribution in [0, 0.1) is 5.92 Å². The summed E-state index contributed by atoms with van der Waals surface area (Å²) in [5.74, 6) is -0.0886. The molecular formula is C23H23ClN2O4S. The minimum atomic E-state index is -3.42. The quantitative estimate of drug-likeness (QED) is 0.762. The van der Waals surface area contributed by atoms with E-state index in [0.29, 0.717) is 22.9 Å². The van der Waals surface area contributed by atoms with Gasteiger partial charge in [0, 0.05) is 22.9 Å². The van der Waals surface area contributed by atoms with Crippen molar-refractivity contribution in [2.45, 2.75) is 48.7 Å². The summed E-state index contributed by atoms with van der Waals surface area (Å²) in [6, 6.07) is 11.2. The molecule has 3 aliphatic rings. The zero-order chi connectivity index (χ0) is 21.9. The number of piperidine rings is 1. The molecule has 1 saturated carbocycles. The Kier molecular flexibility index (Phi) is 4.86. The number of likely N-dealkylation sites (tertiary alicyclic amines) is 1. The SMILES string of the molecule is CS(=O)(=O)c1cccc(C(=O)N2C(C(=O)N[C@@H]3CCc4cc(Cl)ccc43)CC3CC32)c1. The molecule has 6 nitrogen and oxygen atoms in total. The number of nitrogens with zero attached hydrogens (tertiary/aromatic N) is 1. The number of aryl methyl sites for hydroxylation is 1. The smallest absolute Gasteiger partial charge is 0.254 e. The lowest BCUT2D eigenvalue weighted by Gasteiger charge is -2.28. The van der Waals surface area contributed by atoms with Gasteiger partial charge < -0.3 is 10.2 Å². The molecule has 2 aliphatic carbocycles. The van der Waals surface area contributed by atoms with Gasteiger partial charge in [0.1, 0.15) is 6.04 Å². The molecule has 8 heteroatoms. The molecule has 0 radical (unpaired) electrons. The van der Waals surface area contributed by atoms with Crippen molar-refractivity contribution in [1.82, 2.24) is 10.2 Å². The van der Waals surface area contributed by atoms with E-state index in [1.165, 1.54) is 12.1 Å². The van der Waals surface area contributed by atoms with E-state index in [4.69, 9.17) is 11.6 Å². The fourth-order valence-electron chi connectivity index (χ4n) is 5.00. The number of rotatable bonds is 4. The summed E-state index contributed by atoms with van der Waals surface area (Å²) in [5.41, 5.74) is 2.53. The van der Waals surface area contributed by atoms with Crippen molar-refractivity contribution >= 4 is 33.3 Å². The van der Waals surface area contributed by atoms with Crippen LogP contribution in [-0.4, -0.2) is 43.5 Å². The second-order valence-corrected chi connectivity index (χ2v) is 11.2. The number of hydrogen-bond donors (Lipinski definition) is 1. The molecule has 3 unspecified atom stereocenters. The van der Waals surface area contributed by atoms with Crippen LogP contribution in [0.3, 0.4) is 0 Å². The average molecular weight is 459 g/mol. The maximum atomic E-state index is 13.3. The summed E-state index contributed by atoms with van der Waals surface area (Å²) in [6.45, 7) is 0. The normalized spacial score (nSPS) is 26.3. The first-order valence-electron chi connectivity index (χ1n) is 10.4. The molecule has 31 heavy (non-hydrogen) atoms. The molecule has 1 N–H and O–H groups in total. The Hall–Kier alpha value is -2.38. The molecule has 2 aromatic rings. The van der Waals surface area contributed by atoms with E-state index in [0.717, 1.165) is 36.6 Å². The first-order valence-corrected chi connectivity index (χ1v) is 12.7. The van der Waals surface area contributed by atoms with Crippen molar-refractivity contribution in [3.63, 3.8) is 0 Å². The number of benzene rings is 2. The molecule has 1 saturated heterocycles. The number of hydrogen-bond acceptors (Lipinski definition) is 4. The van der Waals surface area contributed by atoms with Crippen LogP contribution in [0.1, 0.15) is 46.8 Å². The summed E-state index contributed by atoms with van der Waals surface area (Å²) >= 11 is 6.08. The summed E-state index contributed by atoms with van der Waals surface area (Å²) in [6.07, 6.45) is 4.33. The highest BCUT2D eigenvalue weighted by Crippen LogP contribution is 2.48. The third kappa shape index (κ3) is 3.74. The molecule has 162 valence electrons. The van der Waals surface area contributed by atoms with Crippen LogP contribution in [0.2, 0.25) is 5.02 Å². The Morgan fingerprint density at radius 3 is 2.71 bits per heavy atom. The number of carbonyl (C=O) groups is 2. The standard InChI is InChI=1S/C23H23ClN2O4S/c1-31(29,30)17-4-2-3-14(10-17)23(28)26-20-11-15(20)12-21(26)22(27)25-19-8-5-13-9-16(24)6-7-18(13)19/h2-4,6-7,9-10,15,19-21H,5,8,11-12H2,1H3,(H,25,27)/t15?,19-,20?,21?/m1/s1. The lowest BCUT2D eigenvalue weighted by Crippen LogP contribution is -2.48. The lowest BCUT2D eigenvalue weighted by molar-refractivity contribution is -0.126. The van der Waals surface area contributed by atoms with Crippen LogP contribution < -0.4 is 5.32 Å². The molecule has 1 heterocycles. The molecule has 0 bridgehead atoms. The Morgan fingerprint density at radius 2 is 1.94 bits per heavy atom. The van der Waals surface area contributed by atoms with Crippen molar-refractivity contribution in [1.29, 1.82) is 0 Å². The number of halogens is 1. The van der Waals surface area contributed by atoms with E-state index in [2.05, 4.69) is 5.32 Å². The fraction of sp³-hybridized carbons (Fsp3) is 0.391.